The van der Waals surface area contributed by atoms with Gasteiger partial charge in [0.1, 0.15) is 17.9 Å². The Bertz CT molecular complexity index is 939. The molecule has 0 aliphatic rings. The van der Waals surface area contributed by atoms with Crippen LogP contribution in [0.3, 0.4) is 0 Å². The highest BCUT2D eigenvalue weighted by Gasteiger charge is 2.11. The molecule has 0 radical (unpaired) electrons. The third-order valence-electron chi connectivity index (χ3n) is 4.44. The molecule has 2 aromatic carbocycles. The lowest BCUT2D eigenvalue weighted by Gasteiger charge is -2.17. The number of nitrogens with two attached hydrogens (primary N) is 1. The number of ether oxygens (including phenoxy) is 1. The van der Waals surface area contributed by atoms with Gasteiger partial charge >= 0.3 is 0 Å². The molecule has 3 rings (SSSR count). The summed E-state index contributed by atoms with van der Waals surface area (Å²) in [4.78, 5) is 19.6. The molecule has 0 aliphatic heterocycles. The summed E-state index contributed by atoms with van der Waals surface area (Å²) < 4.78 is 5.30. The molecule has 27 heavy (non-hydrogen) atoms. The number of aromatic nitrogens is 2. The van der Waals surface area contributed by atoms with Crippen molar-refractivity contribution in [3.05, 3.63) is 59.9 Å². The number of amides is 1. The Labute approximate surface area is 158 Å². The molecule has 140 valence electrons. The van der Waals surface area contributed by atoms with Crippen LogP contribution in [0.25, 0.3) is 10.9 Å². The van der Waals surface area contributed by atoms with E-state index in [1.54, 1.807) is 6.33 Å². The molecule has 0 spiro atoms. The molecule has 1 amide bonds. The molecule has 1 atom stereocenters. The Morgan fingerprint density at radius 1 is 1.07 bits per heavy atom. The Balaban J connectivity index is 1.80. The Kier molecular flexibility index (Phi) is 5.54. The summed E-state index contributed by atoms with van der Waals surface area (Å²) in [6.07, 6.45) is 1.58. The summed E-state index contributed by atoms with van der Waals surface area (Å²) in [5.74, 6) is 1.36. The zero-order valence-corrected chi connectivity index (χ0v) is 15.8. The smallest absolute Gasteiger partial charge is 0.255 e. The fourth-order valence-corrected chi connectivity index (χ4v) is 2.84. The zero-order valence-electron chi connectivity index (χ0n) is 15.8. The minimum atomic E-state index is -0.495. The maximum atomic E-state index is 10.8. The quantitative estimate of drug-likeness (QED) is 0.666. The van der Waals surface area contributed by atoms with E-state index in [0.717, 1.165) is 22.3 Å². The van der Waals surface area contributed by atoms with Gasteiger partial charge in [-0.15, -0.1) is 0 Å². The first-order valence-corrected chi connectivity index (χ1v) is 8.96. The van der Waals surface area contributed by atoms with Crippen LogP contribution in [0, 0.1) is 0 Å². The lowest BCUT2D eigenvalue weighted by molar-refractivity contribution is -0.119. The number of nitrogens with one attached hydrogen (secondary N) is 1. The SMILES string of the molecule is CC(C)c1ccc2ncnc(NC(C)c3ccc(OCC(N)=O)cc3)c2c1. The van der Waals surface area contributed by atoms with Crippen LogP contribution in [-0.2, 0) is 4.79 Å². The van der Waals surface area contributed by atoms with Crippen LogP contribution in [0.15, 0.2) is 48.8 Å². The van der Waals surface area contributed by atoms with Crippen LogP contribution in [0.4, 0.5) is 5.82 Å². The first kappa shape index (κ1) is 18.6. The summed E-state index contributed by atoms with van der Waals surface area (Å²) in [5.41, 5.74) is 8.34. The Hall–Kier alpha value is -3.15. The van der Waals surface area contributed by atoms with Crippen LogP contribution in [-0.4, -0.2) is 22.5 Å². The van der Waals surface area contributed by atoms with Gasteiger partial charge in [0.25, 0.3) is 5.91 Å². The maximum absolute atomic E-state index is 10.8. The molecule has 0 bridgehead atoms. The van der Waals surface area contributed by atoms with Gasteiger partial charge in [-0.25, -0.2) is 9.97 Å². The zero-order chi connectivity index (χ0) is 19.4. The summed E-state index contributed by atoms with van der Waals surface area (Å²) in [7, 11) is 0. The van der Waals surface area contributed by atoms with Crippen LogP contribution in [0.1, 0.15) is 43.9 Å². The van der Waals surface area contributed by atoms with Crippen molar-refractivity contribution in [1.29, 1.82) is 0 Å². The van der Waals surface area contributed by atoms with Gasteiger partial charge in [0.15, 0.2) is 6.61 Å². The van der Waals surface area contributed by atoms with Crippen LogP contribution in [0.2, 0.25) is 0 Å². The predicted molar refractivity (Wildman–Crippen MR) is 107 cm³/mol. The Morgan fingerprint density at radius 2 is 1.78 bits per heavy atom. The maximum Gasteiger partial charge on any atom is 0.255 e. The van der Waals surface area contributed by atoms with Crippen molar-refractivity contribution < 1.29 is 9.53 Å². The van der Waals surface area contributed by atoms with Gasteiger partial charge in [-0.05, 0) is 48.2 Å². The monoisotopic (exact) mass is 364 g/mol. The molecule has 3 aromatic rings. The Morgan fingerprint density at radius 3 is 2.44 bits per heavy atom. The van der Waals surface area contributed by atoms with Gasteiger partial charge in [-0.2, -0.15) is 0 Å². The highest BCUT2D eigenvalue weighted by atomic mass is 16.5. The number of carbonyl (C=O) groups excluding carboxylic acids is 1. The minimum absolute atomic E-state index is 0.0380. The van der Waals surface area contributed by atoms with Crippen LogP contribution < -0.4 is 15.8 Å². The summed E-state index contributed by atoms with van der Waals surface area (Å²) in [6.45, 7) is 6.28. The second-order valence-corrected chi connectivity index (χ2v) is 6.84. The van der Waals surface area contributed by atoms with E-state index in [1.807, 2.05) is 30.3 Å². The molecule has 0 saturated carbocycles. The number of hydrogen-bond donors (Lipinski definition) is 2. The molecule has 6 heteroatoms. The van der Waals surface area contributed by atoms with E-state index in [0.29, 0.717) is 11.7 Å². The highest BCUT2D eigenvalue weighted by Crippen LogP contribution is 2.27. The average molecular weight is 364 g/mol. The number of carbonyl (C=O) groups is 1. The fourth-order valence-electron chi connectivity index (χ4n) is 2.84. The van der Waals surface area contributed by atoms with Gasteiger partial charge in [0.2, 0.25) is 0 Å². The molecule has 1 unspecified atom stereocenters. The van der Waals surface area contributed by atoms with Crippen LogP contribution in [0.5, 0.6) is 5.75 Å². The van der Waals surface area contributed by atoms with Crippen molar-refractivity contribution in [3.63, 3.8) is 0 Å². The second-order valence-electron chi connectivity index (χ2n) is 6.84. The molecule has 1 aromatic heterocycles. The van der Waals surface area contributed by atoms with E-state index in [9.17, 15) is 4.79 Å². The molecule has 0 fully saturated rings. The summed E-state index contributed by atoms with van der Waals surface area (Å²) in [6, 6.07) is 13.9. The van der Waals surface area contributed by atoms with Gasteiger partial charge in [-0.1, -0.05) is 32.0 Å². The first-order chi connectivity index (χ1) is 12.9. The molecular formula is C21H24N4O2. The van der Waals surface area contributed by atoms with Gasteiger partial charge in [0, 0.05) is 11.4 Å². The third-order valence-corrected chi connectivity index (χ3v) is 4.44. The van der Waals surface area contributed by atoms with Crippen molar-refractivity contribution in [3.8, 4) is 5.75 Å². The summed E-state index contributed by atoms with van der Waals surface area (Å²) >= 11 is 0. The van der Waals surface area contributed by atoms with Crippen molar-refractivity contribution in [2.24, 2.45) is 5.73 Å². The topological polar surface area (TPSA) is 90.1 Å². The lowest BCUT2D eigenvalue weighted by Crippen LogP contribution is -2.20. The largest absolute Gasteiger partial charge is 0.484 e. The number of fused-ring (bicyclic) bond motifs is 1. The molecule has 0 saturated heterocycles. The predicted octanol–water partition coefficient (Wildman–Crippen LogP) is 3.79. The summed E-state index contributed by atoms with van der Waals surface area (Å²) in [5, 5.41) is 4.48. The normalized spacial score (nSPS) is 12.1. The lowest BCUT2D eigenvalue weighted by atomic mass is 10.0. The van der Waals surface area contributed by atoms with Crippen molar-refractivity contribution in [2.45, 2.75) is 32.7 Å². The first-order valence-electron chi connectivity index (χ1n) is 8.96. The van der Waals surface area contributed by atoms with E-state index in [4.69, 9.17) is 10.5 Å². The standard InChI is InChI=1S/C21H24N4O2/c1-13(2)16-6-9-19-18(10-16)21(24-12-23-19)25-14(3)15-4-7-17(8-5-15)27-11-20(22)26/h4-10,12-14H,11H2,1-3H3,(H2,22,26)(H,23,24,25). The molecule has 3 N–H and O–H groups in total. The number of primary amides is 1. The van der Waals surface area contributed by atoms with Crippen molar-refractivity contribution in [2.75, 3.05) is 11.9 Å². The number of rotatable bonds is 7. The van der Waals surface area contributed by atoms with Gasteiger partial charge in [-0.3, -0.25) is 4.79 Å². The minimum Gasteiger partial charge on any atom is -0.484 e. The third kappa shape index (κ3) is 4.53. The number of benzene rings is 2. The van der Waals surface area contributed by atoms with E-state index in [2.05, 4.69) is 48.2 Å². The van der Waals surface area contributed by atoms with Crippen molar-refractivity contribution >= 4 is 22.6 Å². The van der Waals surface area contributed by atoms with Gasteiger partial charge < -0.3 is 15.8 Å². The molecule has 1 heterocycles. The number of hydrogen-bond acceptors (Lipinski definition) is 5. The molecule has 0 aliphatic carbocycles. The second kappa shape index (κ2) is 8.03. The fraction of sp³-hybridized carbons (Fsp3) is 0.286. The van der Waals surface area contributed by atoms with E-state index in [-0.39, 0.29) is 12.6 Å². The molecule has 6 nitrogen and oxygen atoms in total. The van der Waals surface area contributed by atoms with E-state index >= 15 is 0 Å². The average Bonchev–Trinajstić information content (AvgIpc) is 2.66. The van der Waals surface area contributed by atoms with Crippen molar-refractivity contribution in [1.82, 2.24) is 9.97 Å². The molecular weight excluding hydrogens is 340 g/mol. The highest BCUT2D eigenvalue weighted by molar-refractivity contribution is 5.89. The van der Waals surface area contributed by atoms with Gasteiger partial charge in [0.05, 0.1) is 5.52 Å². The van der Waals surface area contributed by atoms with Crippen LogP contribution >= 0.6 is 0 Å². The number of anilines is 1. The number of nitrogens with zero attached hydrogens (tertiary/aromatic N) is 2. The van der Waals surface area contributed by atoms with E-state index < -0.39 is 5.91 Å². The van der Waals surface area contributed by atoms with E-state index in [1.165, 1.54) is 5.56 Å².